The minimum absolute atomic E-state index is 0.234. The molecule has 1 heteroatoms. The van der Waals surface area contributed by atoms with Crippen molar-refractivity contribution < 1.29 is 5.11 Å². The van der Waals surface area contributed by atoms with Gasteiger partial charge in [-0.15, -0.1) is 0 Å². The van der Waals surface area contributed by atoms with Gasteiger partial charge in [0, 0.05) is 0 Å². The Morgan fingerprint density at radius 1 is 1.06 bits per heavy atom. The van der Waals surface area contributed by atoms with E-state index in [0.717, 1.165) is 25.7 Å². The average molecular weight is 218 g/mol. The van der Waals surface area contributed by atoms with Gasteiger partial charge in [-0.3, -0.25) is 0 Å². The van der Waals surface area contributed by atoms with Crippen LogP contribution in [0.3, 0.4) is 0 Å². The molecule has 0 bridgehead atoms. The van der Waals surface area contributed by atoms with Crippen molar-refractivity contribution in [3.8, 4) is 0 Å². The smallest absolute Gasteiger partial charge is 0.0793 e. The standard InChI is InChI=1S/C15H22O/c1-4-11-8-13-10(3)6-7-15(16)14(13)9-12(11)5-2/h8-10,15-16H,4-7H2,1-3H3. The molecule has 0 saturated heterocycles. The molecule has 16 heavy (non-hydrogen) atoms. The van der Waals surface area contributed by atoms with Gasteiger partial charge in [-0.1, -0.05) is 32.9 Å². The fraction of sp³-hybridized carbons (Fsp3) is 0.600. The number of aliphatic hydroxyl groups excluding tert-OH is 1. The van der Waals surface area contributed by atoms with Gasteiger partial charge in [0.15, 0.2) is 0 Å². The van der Waals surface area contributed by atoms with Crippen LogP contribution >= 0.6 is 0 Å². The molecule has 1 N–H and O–H groups in total. The van der Waals surface area contributed by atoms with Gasteiger partial charge in [0.1, 0.15) is 0 Å². The largest absolute Gasteiger partial charge is 0.388 e. The Kier molecular flexibility index (Phi) is 3.34. The Balaban J connectivity index is 2.53. The molecule has 1 aromatic carbocycles. The zero-order valence-corrected chi connectivity index (χ0v) is 10.6. The third kappa shape index (κ3) is 1.89. The number of hydrogen-bond acceptors (Lipinski definition) is 1. The van der Waals surface area contributed by atoms with E-state index in [9.17, 15) is 5.11 Å². The van der Waals surface area contributed by atoms with E-state index in [1.165, 1.54) is 22.3 Å². The van der Waals surface area contributed by atoms with Crippen LogP contribution in [0.25, 0.3) is 0 Å². The van der Waals surface area contributed by atoms with Crippen LogP contribution in [0.5, 0.6) is 0 Å². The lowest BCUT2D eigenvalue weighted by Crippen LogP contribution is -2.14. The van der Waals surface area contributed by atoms with Crippen molar-refractivity contribution in [2.45, 2.75) is 58.5 Å². The molecule has 1 aliphatic rings. The maximum absolute atomic E-state index is 10.1. The van der Waals surface area contributed by atoms with Crippen LogP contribution in [0.15, 0.2) is 12.1 Å². The second kappa shape index (κ2) is 4.58. The number of fused-ring (bicyclic) bond motifs is 1. The van der Waals surface area contributed by atoms with Crippen LogP contribution in [0, 0.1) is 0 Å². The van der Waals surface area contributed by atoms with Gasteiger partial charge in [-0.05, 0) is 53.9 Å². The summed E-state index contributed by atoms with van der Waals surface area (Å²) in [7, 11) is 0. The second-order valence-corrected chi connectivity index (χ2v) is 4.95. The van der Waals surface area contributed by atoms with E-state index < -0.39 is 0 Å². The summed E-state index contributed by atoms with van der Waals surface area (Å²) in [5.74, 6) is 0.606. The van der Waals surface area contributed by atoms with Crippen LogP contribution < -0.4 is 0 Å². The number of benzene rings is 1. The molecule has 0 amide bonds. The Hall–Kier alpha value is -0.820. The third-order valence-corrected chi connectivity index (χ3v) is 3.93. The number of rotatable bonds is 2. The maximum atomic E-state index is 10.1. The monoisotopic (exact) mass is 218 g/mol. The quantitative estimate of drug-likeness (QED) is 0.801. The lowest BCUT2D eigenvalue weighted by molar-refractivity contribution is 0.151. The summed E-state index contributed by atoms with van der Waals surface area (Å²) in [6.07, 6.45) is 3.96. The van der Waals surface area contributed by atoms with Crippen LogP contribution in [-0.2, 0) is 12.8 Å². The van der Waals surface area contributed by atoms with Crippen molar-refractivity contribution in [1.82, 2.24) is 0 Å². The van der Waals surface area contributed by atoms with Crippen molar-refractivity contribution in [2.24, 2.45) is 0 Å². The molecule has 0 saturated carbocycles. The first-order valence-corrected chi connectivity index (χ1v) is 6.51. The summed E-state index contributed by atoms with van der Waals surface area (Å²) in [5.41, 5.74) is 5.44. The molecule has 1 aliphatic carbocycles. The lowest BCUT2D eigenvalue weighted by Gasteiger charge is -2.28. The Bertz CT molecular complexity index is 344. The van der Waals surface area contributed by atoms with E-state index in [4.69, 9.17) is 0 Å². The van der Waals surface area contributed by atoms with Crippen molar-refractivity contribution >= 4 is 0 Å². The van der Waals surface area contributed by atoms with Gasteiger partial charge in [0.25, 0.3) is 0 Å². The highest BCUT2D eigenvalue weighted by Crippen LogP contribution is 2.38. The summed E-state index contributed by atoms with van der Waals surface area (Å²) in [5, 5.41) is 10.1. The van der Waals surface area contributed by atoms with Gasteiger partial charge in [-0.2, -0.15) is 0 Å². The topological polar surface area (TPSA) is 20.2 Å². The minimum Gasteiger partial charge on any atom is -0.388 e. The molecule has 0 aliphatic heterocycles. The van der Waals surface area contributed by atoms with Crippen LogP contribution in [0.4, 0.5) is 0 Å². The SMILES string of the molecule is CCc1cc2c(cc1CC)C(O)CCC2C. The first kappa shape index (κ1) is 11.7. The predicted molar refractivity (Wildman–Crippen MR) is 67.8 cm³/mol. The van der Waals surface area contributed by atoms with Gasteiger partial charge in [0.05, 0.1) is 6.10 Å². The molecule has 88 valence electrons. The number of aryl methyl sites for hydroxylation is 2. The lowest BCUT2D eigenvalue weighted by atomic mass is 9.79. The van der Waals surface area contributed by atoms with Crippen molar-refractivity contribution in [2.75, 3.05) is 0 Å². The van der Waals surface area contributed by atoms with Gasteiger partial charge in [-0.25, -0.2) is 0 Å². The summed E-state index contributed by atoms with van der Waals surface area (Å²) in [6, 6.07) is 4.58. The normalized spacial score (nSPS) is 24.2. The highest BCUT2D eigenvalue weighted by atomic mass is 16.3. The molecular weight excluding hydrogens is 196 g/mol. The van der Waals surface area contributed by atoms with Gasteiger partial charge >= 0.3 is 0 Å². The molecule has 0 radical (unpaired) electrons. The molecule has 2 rings (SSSR count). The predicted octanol–water partition coefficient (Wildman–Crippen LogP) is 3.74. The van der Waals surface area contributed by atoms with E-state index in [0.29, 0.717) is 5.92 Å². The van der Waals surface area contributed by atoms with Gasteiger partial charge in [0.2, 0.25) is 0 Å². The Labute approximate surface area is 98.5 Å². The van der Waals surface area contributed by atoms with E-state index in [1.54, 1.807) is 0 Å². The Morgan fingerprint density at radius 2 is 1.62 bits per heavy atom. The maximum Gasteiger partial charge on any atom is 0.0793 e. The van der Waals surface area contributed by atoms with Gasteiger partial charge < -0.3 is 5.11 Å². The Morgan fingerprint density at radius 3 is 2.19 bits per heavy atom. The summed E-state index contributed by atoms with van der Waals surface area (Å²) < 4.78 is 0. The number of hydrogen-bond donors (Lipinski definition) is 1. The van der Waals surface area contributed by atoms with Crippen LogP contribution in [-0.4, -0.2) is 5.11 Å². The molecular formula is C15H22O. The fourth-order valence-electron chi connectivity index (χ4n) is 2.82. The average Bonchev–Trinajstić information content (AvgIpc) is 2.32. The fourth-order valence-corrected chi connectivity index (χ4v) is 2.82. The van der Waals surface area contributed by atoms with E-state index in [1.807, 2.05) is 0 Å². The van der Waals surface area contributed by atoms with E-state index in [-0.39, 0.29) is 6.10 Å². The first-order chi connectivity index (χ1) is 7.67. The second-order valence-electron chi connectivity index (χ2n) is 4.95. The zero-order chi connectivity index (χ0) is 11.7. The molecule has 2 atom stereocenters. The van der Waals surface area contributed by atoms with Crippen molar-refractivity contribution in [3.63, 3.8) is 0 Å². The first-order valence-electron chi connectivity index (χ1n) is 6.51. The molecule has 2 unspecified atom stereocenters. The zero-order valence-electron chi connectivity index (χ0n) is 10.6. The summed E-state index contributed by atoms with van der Waals surface area (Å²) in [6.45, 7) is 6.68. The highest BCUT2D eigenvalue weighted by molar-refractivity contribution is 5.42. The minimum atomic E-state index is -0.234. The highest BCUT2D eigenvalue weighted by Gasteiger charge is 2.24. The summed E-state index contributed by atoms with van der Waals surface area (Å²) >= 11 is 0. The molecule has 0 spiro atoms. The molecule has 0 aromatic heterocycles. The van der Waals surface area contributed by atoms with Crippen molar-refractivity contribution in [1.29, 1.82) is 0 Å². The number of aliphatic hydroxyl groups is 1. The molecule has 0 fully saturated rings. The van der Waals surface area contributed by atoms with Crippen LogP contribution in [0.2, 0.25) is 0 Å². The van der Waals surface area contributed by atoms with Crippen molar-refractivity contribution in [3.05, 3.63) is 34.4 Å². The van der Waals surface area contributed by atoms with E-state index in [2.05, 4.69) is 32.9 Å². The molecule has 0 heterocycles. The van der Waals surface area contributed by atoms with E-state index >= 15 is 0 Å². The third-order valence-electron chi connectivity index (χ3n) is 3.93. The van der Waals surface area contributed by atoms with Crippen LogP contribution in [0.1, 0.15) is 67.9 Å². The summed E-state index contributed by atoms with van der Waals surface area (Å²) in [4.78, 5) is 0. The molecule has 1 aromatic rings. The molecule has 1 nitrogen and oxygen atoms in total.